The van der Waals surface area contributed by atoms with Crippen LogP contribution < -0.4 is 14.4 Å². The lowest BCUT2D eigenvalue weighted by molar-refractivity contribution is 0.0978. The Hall–Kier alpha value is -2.72. The van der Waals surface area contributed by atoms with E-state index >= 15 is 0 Å². The van der Waals surface area contributed by atoms with Crippen LogP contribution in [-0.2, 0) is 10.2 Å². The number of ether oxygens (including phenoxy) is 1. The number of rotatable bonds is 8. The van der Waals surface area contributed by atoms with Gasteiger partial charge < -0.3 is 9.64 Å². The normalized spacial score (nSPS) is 21.8. The van der Waals surface area contributed by atoms with Crippen LogP contribution in [0.3, 0.4) is 0 Å². The van der Waals surface area contributed by atoms with Gasteiger partial charge in [-0.2, -0.15) is 12.7 Å². The standard InChI is InChI=1S/C29H41FN4O4S/c1-19(2)18-38-24-13-22(12-23(30)14-24)26-10-9-25(27(31-26)34-17-21(4)15-29(34,5)6)28(35)32-39(36,37)33-11-7-8-20(3)16-33/h9-10,12-14,19-21H,7-8,11,15-18H2,1-6H3,(H,32,35)/t20-,21+/m1/s1. The third-order valence-corrected chi connectivity index (χ3v) is 8.83. The Morgan fingerprint density at radius 2 is 1.92 bits per heavy atom. The lowest BCUT2D eigenvalue weighted by atomic mass is 9.97. The molecule has 1 aromatic carbocycles. The van der Waals surface area contributed by atoms with Gasteiger partial charge >= 0.3 is 10.2 Å². The number of nitrogens with one attached hydrogen (secondary N) is 1. The van der Waals surface area contributed by atoms with E-state index in [0.717, 1.165) is 19.3 Å². The SMILES string of the molecule is CC(C)COc1cc(F)cc(-c2ccc(C(=O)NS(=O)(=O)N3CCC[C@@H](C)C3)c(N3C[C@@H](C)CC3(C)C)n2)c1. The smallest absolute Gasteiger partial charge is 0.304 e. The van der Waals surface area contributed by atoms with Gasteiger partial charge in [-0.1, -0.05) is 27.7 Å². The highest BCUT2D eigenvalue weighted by Crippen LogP contribution is 2.38. The molecule has 1 amide bonds. The topological polar surface area (TPSA) is 91.8 Å². The van der Waals surface area contributed by atoms with Crippen molar-refractivity contribution < 1.29 is 22.3 Å². The highest BCUT2D eigenvalue weighted by Gasteiger charge is 2.39. The van der Waals surface area contributed by atoms with Crippen molar-refractivity contribution in [3.05, 3.63) is 41.7 Å². The lowest BCUT2D eigenvalue weighted by Crippen LogP contribution is -2.48. The molecule has 1 N–H and O–H groups in total. The predicted molar refractivity (Wildman–Crippen MR) is 152 cm³/mol. The molecule has 0 aliphatic carbocycles. The molecule has 1 aromatic heterocycles. The molecular weight excluding hydrogens is 519 g/mol. The average Bonchev–Trinajstić information content (AvgIpc) is 3.13. The number of hydrogen-bond donors (Lipinski definition) is 1. The summed E-state index contributed by atoms with van der Waals surface area (Å²) in [4.78, 5) is 20.4. The molecule has 2 atom stereocenters. The number of benzene rings is 1. The summed E-state index contributed by atoms with van der Waals surface area (Å²) in [5.41, 5.74) is 0.844. The predicted octanol–water partition coefficient (Wildman–Crippen LogP) is 5.25. The Bertz CT molecular complexity index is 1310. The molecule has 0 spiro atoms. The lowest BCUT2D eigenvalue weighted by Gasteiger charge is -2.34. The Labute approximate surface area is 232 Å². The summed E-state index contributed by atoms with van der Waals surface area (Å²) in [6.07, 6.45) is 2.60. The van der Waals surface area contributed by atoms with Crippen molar-refractivity contribution in [2.45, 2.75) is 66.3 Å². The van der Waals surface area contributed by atoms with Crippen LogP contribution >= 0.6 is 0 Å². The molecule has 4 rings (SSSR count). The largest absolute Gasteiger partial charge is 0.493 e. The number of piperidine rings is 1. The third kappa shape index (κ3) is 6.90. The maximum atomic E-state index is 14.6. The first-order chi connectivity index (χ1) is 18.2. The number of hydrogen-bond acceptors (Lipinski definition) is 6. The average molecular weight is 561 g/mol. The van der Waals surface area contributed by atoms with Gasteiger partial charge in [0, 0.05) is 36.8 Å². The molecule has 10 heteroatoms. The number of carbonyl (C=O) groups excluding carboxylic acids is 1. The van der Waals surface area contributed by atoms with E-state index in [1.165, 1.54) is 16.4 Å². The summed E-state index contributed by atoms with van der Waals surface area (Å²) >= 11 is 0. The molecular formula is C29H41FN4O4S. The molecule has 2 saturated heterocycles. The number of halogens is 1. The van der Waals surface area contributed by atoms with Crippen LogP contribution in [0.5, 0.6) is 5.75 Å². The van der Waals surface area contributed by atoms with E-state index in [4.69, 9.17) is 9.72 Å². The van der Waals surface area contributed by atoms with Gasteiger partial charge in [0.2, 0.25) is 0 Å². The van der Waals surface area contributed by atoms with Crippen LogP contribution in [0.1, 0.15) is 71.2 Å². The minimum atomic E-state index is -4.01. The molecule has 8 nitrogen and oxygen atoms in total. The maximum Gasteiger partial charge on any atom is 0.304 e. The van der Waals surface area contributed by atoms with Gasteiger partial charge in [0.1, 0.15) is 17.4 Å². The molecule has 0 unspecified atom stereocenters. The second-order valence-corrected chi connectivity index (χ2v) is 13.9. The van der Waals surface area contributed by atoms with Crippen LogP contribution in [-0.4, -0.2) is 55.4 Å². The van der Waals surface area contributed by atoms with Crippen molar-refractivity contribution in [2.24, 2.45) is 17.8 Å². The quantitative estimate of drug-likeness (QED) is 0.474. The third-order valence-electron chi connectivity index (χ3n) is 7.38. The zero-order valence-corrected chi connectivity index (χ0v) is 24.6. The molecule has 0 saturated carbocycles. The number of anilines is 1. The number of amides is 1. The van der Waals surface area contributed by atoms with Gasteiger partial charge in [-0.3, -0.25) is 4.79 Å². The molecule has 0 radical (unpaired) electrons. The van der Waals surface area contributed by atoms with Gasteiger partial charge in [-0.15, -0.1) is 0 Å². The van der Waals surface area contributed by atoms with E-state index in [2.05, 4.69) is 30.4 Å². The minimum Gasteiger partial charge on any atom is -0.493 e. The molecule has 39 heavy (non-hydrogen) atoms. The minimum absolute atomic E-state index is 0.169. The second-order valence-electron chi connectivity index (χ2n) is 12.2. The number of carbonyl (C=O) groups is 1. The van der Waals surface area contributed by atoms with Crippen LogP contribution in [0.4, 0.5) is 10.2 Å². The highest BCUT2D eigenvalue weighted by molar-refractivity contribution is 7.87. The maximum absolute atomic E-state index is 14.6. The Kier molecular flexibility index (Phi) is 8.56. The fraction of sp³-hybridized carbons (Fsp3) is 0.586. The van der Waals surface area contributed by atoms with Crippen molar-refractivity contribution in [3.63, 3.8) is 0 Å². The molecule has 214 valence electrons. The Balaban J connectivity index is 1.72. The van der Waals surface area contributed by atoms with E-state index < -0.39 is 21.9 Å². The first-order valence-electron chi connectivity index (χ1n) is 13.8. The molecule has 2 aliphatic rings. The van der Waals surface area contributed by atoms with E-state index in [1.807, 2.05) is 20.8 Å². The summed E-state index contributed by atoms with van der Waals surface area (Å²) < 4.78 is 50.1. The zero-order valence-electron chi connectivity index (χ0n) is 23.8. The van der Waals surface area contributed by atoms with Gasteiger partial charge in [0.05, 0.1) is 17.9 Å². The van der Waals surface area contributed by atoms with Gasteiger partial charge in [-0.05, 0) is 75.1 Å². The molecule has 0 bridgehead atoms. The van der Waals surface area contributed by atoms with Crippen LogP contribution in [0.25, 0.3) is 11.3 Å². The summed E-state index contributed by atoms with van der Waals surface area (Å²) in [6, 6.07) is 7.67. The van der Waals surface area contributed by atoms with E-state index in [0.29, 0.717) is 55.0 Å². The number of aromatic nitrogens is 1. The number of pyridine rings is 1. The highest BCUT2D eigenvalue weighted by atomic mass is 32.2. The van der Waals surface area contributed by atoms with E-state index in [9.17, 15) is 17.6 Å². The van der Waals surface area contributed by atoms with Crippen molar-refractivity contribution in [2.75, 3.05) is 31.1 Å². The van der Waals surface area contributed by atoms with Crippen molar-refractivity contribution in [1.82, 2.24) is 14.0 Å². The van der Waals surface area contributed by atoms with Gasteiger partial charge in [0.25, 0.3) is 5.91 Å². The summed E-state index contributed by atoms with van der Waals surface area (Å²) in [5.74, 6) is 0.477. The summed E-state index contributed by atoms with van der Waals surface area (Å²) in [7, 11) is -4.01. The molecule has 2 aromatic rings. The van der Waals surface area contributed by atoms with Gasteiger partial charge in [0.15, 0.2) is 0 Å². The second kappa shape index (κ2) is 11.4. The summed E-state index contributed by atoms with van der Waals surface area (Å²) in [5, 5.41) is 0. The molecule has 3 heterocycles. The van der Waals surface area contributed by atoms with Gasteiger partial charge in [-0.25, -0.2) is 14.1 Å². The van der Waals surface area contributed by atoms with Crippen LogP contribution in [0.2, 0.25) is 0 Å². The molecule has 2 fully saturated rings. The van der Waals surface area contributed by atoms with Crippen LogP contribution in [0.15, 0.2) is 30.3 Å². The molecule has 2 aliphatic heterocycles. The summed E-state index contributed by atoms with van der Waals surface area (Å²) in [6.45, 7) is 14.2. The van der Waals surface area contributed by atoms with Crippen LogP contribution in [0, 0.1) is 23.6 Å². The first kappa shape index (κ1) is 29.3. The van der Waals surface area contributed by atoms with Crippen molar-refractivity contribution in [3.8, 4) is 17.0 Å². The fourth-order valence-corrected chi connectivity index (χ4v) is 6.90. The monoisotopic (exact) mass is 560 g/mol. The Morgan fingerprint density at radius 3 is 2.56 bits per heavy atom. The number of nitrogens with zero attached hydrogens (tertiary/aromatic N) is 3. The zero-order chi connectivity index (χ0) is 28.5. The first-order valence-corrected chi connectivity index (χ1v) is 15.2. The Morgan fingerprint density at radius 1 is 1.18 bits per heavy atom. The fourth-order valence-electron chi connectivity index (χ4n) is 5.61. The van der Waals surface area contributed by atoms with E-state index in [1.54, 1.807) is 18.2 Å². The van der Waals surface area contributed by atoms with Crippen molar-refractivity contribution >= 4 is 21.9 Å². The van der Waals surface area contributed by atoms with Crippen molar-refractivity contribution in [1.29, 1.82) is 0 Å². The van der Waals surface area contributed by atoms with E-state index in [-0.39, 0.29) is 22.9 Å².